The lowest BCUT2D eigenvalue weighted by Gasteiger charge is -2.23. The molecule has 0 heterocycles. The number of hydrogen-bond donors (Lipinski definition) is 0. The van der Waals surface area contributed by atoms with Crippen LogP contribution in [-0.2, 0) is 4.79 Å². The first-order valence-corrected chi connectivity index (χ1v) is 5.12. The summed E-state index contributed by atoms with van der Waals surface area (Å²) in [6.07, 6.45) is 1.50. The average molecular weight is 221 g/mol. The van der Waals surface area contributed by atoms with E-state index in [1.54, 1.807) is 24.3 Å². The van der Waals surface area contributed by atoms with E-state index in [1.807, 2.05) is 0 Å². The standard InChI is InChI=1S/C12H17N2O2/c1-14(2,3)8-9-16-12-6-4-11(5-7-12)13-10-15/h4-7H,8-9H2,1-3H3/q+1. The molecule has 0 fully saturated rings. The highest BCUT2D eigenvalue weighted by atomic mass is 16.5. The third kappa shape index (κ3) is 4.73. The first-order valence-electron chi connectivity index (χ1n) is 5.12. The van der Waals surface area contributed by atoms with Crippen LogP contribution in [0.1, 0.15) is 0 Å². The highest BCUT2D eigenvalue weighted by Gasteiger charge is 2.06. The van der Waals surface area contributed by atoms with E-state index in [2.05, 4.69) is 26.1 Å². The molecule has 0 bridgehead atoms. The molecule has 0 aromatic heterocycles. The van der Waals surface area contributed by atoms with Crippen molar-refractivity contribution in [3.63, 3.8) is 0 Å². The van der Waals surface area contributed by atoms with Crippen molar-refractivity contribution in [2.45, 2.75) is 0 Å². The number of quaternary nitrogens is 1. The molecule has 0 spiro atoms. The molecule has 0 saturated heterocycles. The molecule has 1 rings (SSSR count). The van der Waals surface area contributed by atoms with Crippen molar-refractivity contribution in [2.24, 2.45) is 4.99 Å². The Morgan fingerprint density at radius 2 is 1.88 bits per heavy atom. The summed E-state index contributed by atoms with van der Waals surface area (Å²) in [5, 5.41) is 0. The summed E-state index contributed by atoms with van der Waals surface area (Å²) >= 11 is 0. The first kappa shape index (κ1) is 12.4. The molecule has 0 unspecified atom stereocenters. The Morgan fingerprint density at radius 3 is 2.38 bits per heavy atom. The van der Waals surface area contributed by atoms with Gasteiger partial charge in [-0.25, -0.2) is 4.79 Å². The van der Waals surface area contributed by atoms with E-state index in [4.69, 9.17) is 4.74 Å². The summed E-state index contributed by atoms with van der Waals surface area (Å²) in [5.41, 5.74) is 0.592. The molecular weight excluding hydrogens is 204 g/mol. The molecule has 0 N–H and O–H groups in total. The Morgan fingerprint density at radius 1 is 1.25 bits per heavy atom. The Labute approximate surface area is 95.8 Å². The monoisotopic (exact) mass is 221 g/mol. The number of hydrogen-bond acceptors (Lipinski definition) is 3. The van der Waals surface area contributed by atoms with E-state index in [0.717, 1.165) is 16.8 Å². The maximum atomic E-state index is 10.0. The zero-order valence-corrected chi connectivity index (χ0v) is 9.93. The van der Waals surface area contributed by atoms with Gasteiger partial charge in [-0.3, -0.25) is 0 Å². The number of aliphatic imine (C=N–C) groups is 1. The van der Waals surface area contributed by atoms with Crippen LogP contribution < -0.4 is 4.74 Å². The number of nitrogens with zero attached hydrogens (tertiary/aromatic N) is 2. The fourth-order valence-corrected chi connectivity index (χ4v) is 1.11. The van der Waals surface area contributed by atoms with Crippen LogP contribution in [0.4, 0.5) is 5.69 Å². The lowest BCUT2D eigenvalue weighted by Crippen LogP contribution is -2.38. The van der Waals surface area contributed by atoms with E-state index in [9.17, 15) is 4.79 Å². The van der Waals surface area contributed by atoms with Crippen molar-refractivity contribution in [3.8, 4) is 5.75 Å². The second kappa shape index (κ2) is 5.45. The van der Waals surface area contributed by atoms with Crippen LogP contribution in [0, 0.1) is 0 Å². The van der Waals surface area contributed by atoms with Gasteiger partial charge in [-0.05, 0) is 24.3 Å². The van der Waals surface area contributed by atoms with Crippen LogP contribution in [0.5, 0.6) is 5.75 Å². The summed E-state index contributed by atoms with van der Waals surface area (Å²) in [7, 11) is 6.35. The molecule has 0 amide bonds. The number of carbonyl (C=O) groups excluding carboxylic acids is 1. The fraction of sp³-hybridized carbons (Fsp3) is 0.417. The number of likely N-dealkylation sites (N-methyl/N-ethyl adjacent to an activating group) is 1. The zero-order chi connectivity index (χ0) is 12.0. The van der Waals surface area contributed by atoms with Crippen molar-refractivity contribution in [1.29, 1.82) is 0 Å². The van der Waals surface area contributed by atoms with Crippen LogP contribution >= 0.6 is 0 Å². The van der Waals surface area contributed by atoms with Crippen molar-refractivity contribution in [3.05, 3.63) is 24.3 Å². The van der Waals surface area contributed by atoms with Gasteiger partial charge >= 0.3 is 0 Å². The smallest absolute Gasteiger partial charge is 0.240 e. The van der Waals surface area contributed by atoms with Crippen molar-refractivity contribution in [1.82, 2.24) is 0 Å². The van der Waals surface area contributed by atoms with Crippen LogP contribution in [0.15, 0.2) is 29.3 Å². The molecule has 0 saturated carbocycles. The number of ether oxygens (including phenoxy) is 1. The first-order chi connectivity index (χ1) is 7.51. The molecule has 0 aliphatic rings. The maximum Gasteiger partial charge on any atom is 0.240 e. The Bertz CT molecular complexity index is 373. The van der Waals surface area contributed by atoms with Gasteiger partial charge in [0.25, 0.3) is 0 Å². The molecular formula is C12H17N2O2+. The van der Waals surface area contributed by atoms with Crippen molar-refractivity contribution >= 4 is 11.8 Å². The minimum absolute atomic E-state index is 0.592. The van der Waals surface area contributed by atoms with E-state index in [-0.39, 0.29) is 0 Å². The molecule has 4 heteroatoms. The van der Waals surface area contributed by atoms with Gasteiger partial charge in [0.2, 0.25) is 6.08 Å². The second-order valence-corrected chi connectivity index (χ2v) is 4.56. The topological polar surface area (TPSA) is 38.7 Å². The summed E-state index contributed by atoms with van der Waals surface area (Å²) < 4.78 is 6.43. The molecule has 4 nitrogen and oxygen atoms in total. The van der Waals surface area contributed by atoms with Crippen LogP contribution in [0.3, 0.4) is 0 Å². The van der Waals surface area contributed by atoms with E-state index in [0.29, 0.717) is 12.3 Å². The molecule has 0 atom stereocenters. The molecule has 1 aromatic carbocycles. The van der Waals surface area contributed by atoms with Gasteiger partial charge in [-0.1, -0.05) is 0 Å². The number of isocyanates is 1. The number of benzene rings is 1. The Kier molecular flexibility index (Phi) is 4.23. The quantitative estimate of drug-likeness (QED) is 0.431. The lowest BCUT2D eigenvalue weighted by atomic mass is 10.3. The molecule has 1 aromatic rings. The second-order valence-electron chi connectivity index (χ2n) is 4.56. The minimum Gasteiger partial charge on any atom is -0.488 e. The van der Waals surface area contributed by atoms with Gasteiger partial charge in [0.05, 0.1) is 26.8 Å². The van der Waals surface area contributed by atoms with Gasteiger partial charge in [0.15, 0.2) is 0 Å². The molecule has 0 aliphatic heterocycles. The summed E-state index contributed by atoms with van der Waals surface area (Å²) in [6, 6.07) is 7.05. The average Bonchev–Trinajstić information content (AvgIpc) is 2.19. The van der Waals surface area contributed by atoms with E-state index >= 15 is 0 Å². The Hall–Kier alpha value is -1.64. The normalized spacial score (nSPS) is 10.7. The van der Waals surface area contributed by atoms with Gasteiger partial charge in [0.1, 0.15) is 18.9 Å². The molecule has 0 radical (unpaired) electrons. The van der Waals surface area contributed by atoms with Crippen LogP contribution in [-0.4, -0.2) is 44.9 Å². The van der Waals surface area contributed by atoms with Gasteiger partial charge < -0.3 is 9.22 Å². The van der Waals surface area contributed by atoms with E-state index < -0.39 is 0 Å². The van der Waals surface area contributed by atoms with Crippen LogP contribution in [0.25, 0.3) is 0 Å². The summed E-state index contributed by atoms with van der Waals surface area (Å²) in [4.78, 5) is 13.5. The minimum atomic E-state index is 0.592. The van der Waals surface area contributed by atoms with Gasteiger partial charge in [0, 0.05) is 0 Å². The number of rotatable bonds is 5. The predicted molar refractivity (Wildman–Crippen MR) is 62.6 cm³/mol. The van der Waals surface area contributed by atoms with Crippen LogP contribution in [0.2, 0.25) is 0 Å². The Balaban J connectivity index is 2.46. The fourth-order valence-electron chi connectivity index (χ4n) is 1.11. The molecule has 86 valence electrons. The van der Waals surface area contributed by atoms with E-state index in [1.165, 1.54) is 6.08 Å². The SMILES string of the molecule is C[N+](C)(C)CCOc1ccc(N=C=O)cc1. The van der Waals surface area contributed by atoms with Gasteiger partial charge in [-0.2, -0.15) is 4.99 Å². The third-order valence-corrected chi connectivity index (χ3v) is 2.04. The lowest BCUT2D eigenvalue weighted by molar-refractivity contribution is -0.870. The zero-order valence-electron chi connectivity index (χ0n) is 9.93. The largest absolute Gasteiger partial charge is 0.488 e. The highest BCUT2D eigenvalue weighted by molar-refractivity contribution is 5.49. The molecule has 0 aliphatic carbocycles. The van der Waals surface area contributed by atoms with Gasteiger partial charge in [-0.15, -0.1) is 0 Å². The van der Waals surface area contributed by atoms with Crippen molar-refractivity contribution in [2.75, 3.05) is 34.3 Å². The molecule has 16 heavy (non-hydrogen) atoms. The van der Waals surface area contributed by atoms with Crippen molar-refractivity contribution < 1.29 is 14.0 Å². The maximum absolute atomic E-state index is 10.0. The highest BCUT2D eigenvalue weighted by Crippen LogP contribution is 2.17. The summed E-state index contributed by atoms with van der Waals surface area (Å²) in [6.45, 7) is 1.61. The summed E-state index contributed by atoms with van der Waals surface area (Å²) in [5.74, 6) is 0.790. The third-order valence-electron chi connectivity index (χ3n) is 2.04. The predicted octanol–water partition coefficient (Wildman–Crippen LogP) is 1.74.